The molecule has 1 aromatic heterocycles. The van der Waals surface area contributed by atoms with Gasteiger partial charge in [-0.15, -0.1) is 0 Å². The molecule has 0 aliphatic carbocycles. The molecule has 1 aliphatic heterocycles. The topological polar surface area (TPSA) is 117 Å². The standard InChI is InChI=1S/C11H15N3O5/c1-7-4-14(10(17)13-9(7)16)8-2-3-11(6-15,19-8)5-12-18/h4-5,8,15,18H,2-3,6H2,1H3,(H,13,16,17)/b12-5-/t8-,11+/m1/s1. The fourth-order valence-corrected chi connectivity index (χ4v) is 2.11. The van der Waals surface area contributed by atoms with Crippen molar-refractivity contribution in [1.82, 2.24) is 9.55 Å². The molecule has 0 saturated carbocycles. The van der Waals surface area contributed by atoms with Crippen LogP contribution in [0.3, 0.4) is 0 Å². The Labute approximate surface area is 108 Å². The number of aliphatic hydroxyl groups excluding tert-OH is 1. The molecule has 8 nitrogen and oxygen atoms in total. The van der Waals surface area contributed by atoms with E-state index in [1.807, 2.05) is 0 Å². The number of rotatable bonds is 3. The van der Waals surface area contributed by atoms with Gasteiger partial charge in [-0.1, -0.05) is 5.16 Å². The van der Waals surface area contributed by atoms with Gasteiger partial charge in [-0.2, -0.15) is 0 Å². The van der Waals surface area contributed by atoms with E-state index in [1.165, 1.54) is 10.8 Å². The summed E-state index contributed by atoms with van der Waals surface area (Å²) < 4.78 is 6.85. The summed E-state index contributed by atoms with van der Waals surface area (Å²) in [5, 5.41) is 20.8. The highest BCUT2D eigenvalue weighted by Gasteiger charge is 2.40. The Bertz CT molecular complexity index is 605. The maximum absolute atomic E-state index is 11.7. The third-order valence-corrected chi connectivity index (χ3v) is 3.20. The van der Waals surface area contributed by atoms with Crippen molar-refractivity contribution in [2.75, 3.05) is 6.61 Å². The molecule has 0 bridgehead atoms. The lowest BCUT2D eigenvalue weighted by atomic mass is 10.0. The van der Waals surface area contributed by atoms with E-state index in [-0.39, 0.29) is 6.61 Å². The van der Waals surface area contributed by atoms with Crippen molar-refractivity contribution in [2.45, 2.75) is 31.6 Å². The van der Waals surface area contributed by atoms with Gasteiger partial charge in [0.2, 0.25) is 0 Å². The number of aryl methyl sites for hydroxylation is 1. The Kier molecular flexibility index (Phi) is 3.54. The number of nitrogens with one attached hydrogen (secondary N) is 1. The Morgan fingerprint density at radius 3 is 3.05 bits per heavy atom. The van der Waals surface area contributed by atoms with Crippen LogP contribution < -0.4 is 11.2 Å². The monoisotopic (exact) mass is 269 g/mol. The van der Waals surface area contributed by atoms with Crippen molar-refractivity contribution < 1.29 is 15.1 Å². The SMILES string of the molecule is Cc1cn([C@H]2CC[C@](/C=N\O)(CO)O2)c(=O)[nH]c1=O. The van der Waals surface area contributed by atoms with Gasteiger partial charge in [0.05, 0.1) is 12.8 Å². The first-order valence-corrected chi connectivity index (χ1v) is 5.81. The summed E-state index contributed by atoms with van der Waals surface area (Å²) in [6.45, 7) is 1.23. The highest BCUT2D eigenvalue weighted by molar-refractivity contribution is 5.68. The fraction of sp³-hybridized carbons (Fsp3) is 0.545. The molecule has 0 spiro atoms. The van der Waals surface area contributed by atoms with E-state index in [4.69, 9.17) is 9.94 Å². The average Bonchev–Trinajstić information content (AvgIpc) is 2.79. The maximum atomic E-state index is 11.7. The Morgan fingerprint density at radius 2 is 2.42 bits per heavy atom. The predicted octanol–water partition coefficient (Wildman–Crippen LogP) is -0.655. The van der Waals surface area contributed by atoms with E-state index in [1.54, 1.807) is 6.92 Å². The van der Waals surface area contributed by atoms with Crippen LogP contribution in [0.4, 0.5) is 0 Å². The van der Waals surface area contributed by atoms with Crippen LogP contribution in [-0.2, 0) is 4.74 Å². The van der Waals surface area contributed by atoms with E-state index in [9.17, 15) is 14.7 Å². The number of nitrogens with zero attached hydrogens (tertiary/aromatic N) is 2. The van der Waals surface area contributed by atoms with Gasteiger partial charge in [-0.25, -0.2) is 4.79 Å². The van der Waals surface area contributed by atoms with E-state index in [0.717, 1.165) is 6.21 Å². The lowest BCUT2D eigenvalue weighted by Crippen LogP contribution is -2.38. The predicted molar refractivity (Wildman–Crippen MR) is 65.5 cm³/mol. The second kappa shape index (κ2) is 4.98. The molecule has 3 N–H and O–H groups in total. The summed E-state index contributed by atoms with van der Waals surface area (Å²) >= 11 is 0. The van der Waals surface area contributed by atoms with Crippen LogP contribution in [-0.4, -0.2) is 38.3 Å². The third-order valence-electron chi connectivity index (χ3n) is 3.20. The summed E-state index contributed by atoms with van der Waals surface area (Å²) in [6.07, 6.45) is 2.76. The van der Waals surface area contributed by atoms with E-state index in [2.05, 4.69) is 10.1 Å². The van der Waals surface area contributed by atoms with Gasteiger partial charge in [0.25, 0.3) is 5.56 Å². The molecule has 2 atom stereocenters. The first-order chi connectivity index (χ1) is 9.01. The van der Waals surface area contributed by atoms with Crippen molar-refractivity contribution >= 4 is 6.21 Å². The zero-order chi connectivity index (χ0) is 14.0. The number of hydrogen-bond acceptors (Lipinski definition) is 6. The molecule has 8 heteroatoms. The molecule has 2 rings (SSSR count). The Hall–Kier alpha value is -1.93. The molecule has 1 aromatic rings. The minimum Gasteiger partial charge on any atom is -0.411 e. The molecular weight excluding hydrogens is 254 g/mol. The molecule has 0 amide bonds. The van der Waals surface area contributed by atoms with Gasteiger partial charge in [0.15, 0.2) is 0 Å². The minimum atomic E-state index is -1.09. The molecule has 1 aliphatic rings. The Balaban J connectivity index is 2.33. The van der Waals surface area contributed by atoms with Gasteiger partial charge in [-0.05, 0) is 19.8 Å². The largest absolute Gasteiger partial charge is 0.411 e. The molecule has 104 valence electrons. The van der Waals surface area contributed by atoms with Crippen molar-refractivity contribution in [3.63, 3.8) is 0 Å². The summed E-state index contributed by atoms with van der Waals surface area (Å²) in [7, 11) is 0. The number of aromatic nitrogens is 2. The lowest BCUT2D eigenvalue weighted by molar-refractivity contribution is -0.0572. The number of H-pyrrole nitrogens is 1. The molecule has 1 saturated heterocycles. The van der Waals surface area contributed by atoms with Crippen LogP contribution >= 0.6 is 0 Å². The van der Waals surface area contributed by atoms with Crippen LogP contribution in [0.1, 0.15) is 24.6 Å². The number of aromatic amines is 1. The fourth-order valence-electron chi connectivity index (χ4n) is 2.11. The Morgan fingerprint density at radius 1 is 1.68 bits per heavy atom. The van der Waals surface area contributed by atoms with E-state index >= 15 is 0 Å². The van der Waals surface area contributed by atoms with Crippen molar-refractivity contribution in [3.05, 3.63) is 32.6 Å². The number of hydrogen-bond donors (Lipinski definition) is 3. The highest BCUT2D eigenvalue weighted by Crippen LogP contribution is 2.34. The summed E-state index contributed by atoms with van der Waals surface area (Å²) in [5.41, 5.74) is -1.72. The lowest BCUT2D eigenvalue weighted by Gasteiger charge is -2.22. The van der Waals surface area contributed by atoms with Crippen molar-refractivity contribution in [1.29, 1.82) is 0 Å². The van der Waals surface area contributed by atoms with Crippen molar-refractivity contribution in [2.24, 2.45) is 5.16 Å². The van der Waals surface area contributed by atoms with E-state index < -0.39 is 23.1 Å². The third kappa shape index (κ3) is 2.45. The smallest absolute Gasteiger partial charge is 0.330 e. The summed E-state index contributed by atoms with van der Waals surface area (Å²) in [6, 6.07) is 0. The molecular formula is C11H15N3O5. The molecule has 0 aromatic carbocycles. The first-order valence-electron chi connectivity index (χ1n) is 5.81. The number of ether oxygens (including phenoxy) is 1. The second-order valence-electron chi connectivity index (χ2n) is 4.56. The van der Waals surface area contributed by atoms with Gasteiger partial charge in [0.1, 0.15) is 11.8 Å². The van der Waals surface area contributed by atoms with Crippen LogP contribution in [0.15, 0.2) is 20.9 Å². The summed E-state index contributed by atoms with van der Waals surface area (Å²) in [4.78, 5) is 25.2. The zero-order valence-electron chi connectivity index (χ0n) is 10.4. The molecule has 0 radical (unpaired) electrons. The van der Waals surface area contributed by atoms with Gasteiger partial charge >= 0.3 is 5.69 Å². The molecule has 2 heterocycles. The quantitative estimate of drug-likeness (QED) is 0.383. The summed E-state index contributed by atoms with van der Waals surface area (Å²) in [5.74, 6) is 0. The van der Waals surface area contributed by atoms with Crippen LogP contribution in [0.2, 0.25) is 0 Å². The molecule has 0 unspecified atom stereocenters. The molecule has 1 fully saturated rings. The minimum absolute atomic E-state index is 0.357. The zero-order valence-corrected chi connectivity index (χ0v) is 10.4. The first kappa shape index (κ1) is 13.5. The van der Waals surface area contributed by atoms with Gasteiger partial charge in [0, 0.05) is 11.8 Å². The van der Waals surface area contributed by atoms with Gasteiger partial charge in [-0.3, -0.25) is 14.3 Å². The normalized spacial score (nSPS) is 27.2. The number of aliphatic hydroxyl groups is 1. The average molecular weight is 269 g/mol. The molecule has 19 heavy (non-hydrogen) atoms. The van der Waals surface area contributed by atoms with E-state index in [0.29, 0.717) is 18.4 Å². The van der Waals surface area contributed by atoms with Crippen molar-refractivity contribution in [3.8, 4) is 0 Å². The second-order valence-corrected chi connectivity index (χ2v) is 4.56. The highest BCUT2D eigenvalue weighted by atomic mass is 16.5. The van der Waals surface area contributed by atoms with Crippen LogP contribution in [0.5, 0.6) is 0 Å². The van der Waals surface area contributed by atoms with Gasteiger partial charge < -0.3 is 15.1 Å². The van der Waals surface area contributed by atoms with Crippen LogP contribution in [0.25, 0.3) is 0 Å². The maximum Gasteiger partial charge on any atom is 0.330 e. The van der Waals surface area contributed by atoms with Crippen LogP contribution in [0, 0.1) is 6.92 Å². The number of oxime groups is 1.